The predicted octanol–water partition coefficient (Wildman–Crippen LogP) is 13.3. The standard InChI is InChI=1S/C50H78F3NO5/c1-7-9-11-13-15-17-31-54(32-18-16-14-12-10-8-2)46(56)28-19-35(3)42-26-27-43-41-25-22-38-33-40(58-36(4)55)29-30-48(38,5)44(41)34-45(49(42,43)6)59-39-23-20-37(21-24-39)47(57)50(51,52)53/h20-21,23-24,35,38,40-45H,7-19,22,25-34H2,1-6H3/t35-,38?,40?,41?,42?,43?,44?,45?,48+,49-/m1/s1. The molecule has 10 atom stereocenters. The molecule has 4 aliphatic rings. The van der Waals surface area contributed by atoms with Gasteiger partial charge in [-0.3, -0.25) is 14.4 Å². The second kappa shape index (κ2) is 21.5. The van der Waals surface area contributed by atoms with Gasteiger partial charge in [0.15, 0.2) is 0 Å². The molecule has 0 radical (unpaired) electrons. The molecule has 0 saturated heterocycles. The number of ether oxygens (including phenoxy) is 2. The summed E-state index contributed by atoms with van der Waals surface area (Å²) >= 11 is 0. The number of halogens is 3. The molecule has 4 saturated carbocycles. The summed E-state index contributed by atoms with van der Waals surface area (Å²) < 4.78 is 52.6. The lowest BCUT2D eigenvalue weighted by Gasteiger charge is -2.63. The molecule has 0 heterocycles. The monoisotopic (exact) mass is 830 g/mol. The van der Waals surface area contributed by atoms with Crippen LogP contribution in [-0.2, 0) is 14.3 Å². The Hall–Kier alpha value is -2.58. The van der Waals surface area contributed by atoms with Gasteiger partial charge in [0, 0.05) is 37.4 Å². The van der Waals surface area contributed by atoms with Gasteiger partial charge in [-0.2, -0.15) is 13.2 Å². The molecule has 59 heavy (non-hydrogen) atoms. The van der Waals surface area contributed by atoms with Crippen LogP contribution in [0.5, 0.6) is 5.75 Å². The topological polar surface area (TPSA) is 72.9 Å². The number of benzene rings is 1. The van der Waals surface area contributed by atoms with Crippen LogP contribution in [-0.4, -0.2) is 54.0 Å². The van der Waals surface area contributed by atoms with E-state index in [1.54, 1.807) is 0 Å². The number of ketones is 1. The van der Waals surface area contributed by atoms with Gasteiger partial charge >= 0.3 is 12.1 Å². The quantitative estimate of drug-likeness (QED) is 0.0661. The number of fused-ring (bicyclic) bond motifs is 5. The lowest BCUT2D eigenvalue weighted by Crippen LogP contribution is -2.60. The molecule has 1 amide bonds. The fourth-order valence-electron chi connectivity index (χ4n) is 12.9. The Morgan fingerprint density at radius 1 is 0.797 bits per heavy atom. The largest absolute Gasteiger partial charge is 0.490 e. The lowest BCUT2D eigenvalue weighted by molar-refractivity contribution is -0.176. The average molecular weight is 830 g/mol. The number of alkyl halides is 3. The van der Waals surface area contributed by atoms with Crippen molar-refractivity contribution in [1.82, 2.24) is 4.90 Å². The highest BCUT2D eigenvalue weighted by atomic mass is 19.4. The van der Waals surface area contributed by atoms with Crippen molar-refractivity contribution in [3.63, 3.8) is 0 Å². The maximum Gasteiger partial charge on any atom is 0.454 e. The van der Waals surface area contributed by atoms with Crippen LogP contribution in [0.15, 0.2) is 24.3 Å². The van der Waals surface area contributed by atoms with Gasteiger partial charge < -0.3 is 14.4 Å². The molecule has 0 N–H and O–H groups in total. The minimum atomic E-state index is -4.93. The molecular weight excluding hydrogens is 752 g/mol. The number of Topliss-reactive ketones (excluding diaryl/α,β-unsaturated/α-hetero) is 1. The van der Waals surface area contributed by atoms with E-state index < -0.39 is 12.0 Å². The van der Waals surface area contributed by atoms with Gasteiger partial charge in [0.25, 0.3) is 5.78 Å². The highest BCUT2D eigenvalue weighted by molar-refractivity contribution is 6.00. The Morgan fingerprint density at radius 2 is 1.41 bits per heavy atom. The number of nitrogens with zero attached hydrogens (tertiary/aromatic N) is 1. The molecule has 9 heteroatoms. The van der Waals surface area contributed by atoms with Crippen molar-refractivity contribution in [2.45, 2.75) is 201 Å². The van der Waals surface area contributed by atoms with Crippen molar-refractivity contribution in [3.8, 4) is 5.75 Å². The molecule has 4 aliphatic carbocycles. The first-order valence-electron chi connectivity index (χ1n) is 24.0. The maximum atomic E-state index is 14.0. The molecule has 0 spiro atoms. The molecular formula is C50H78F3NO5. The third-order valence-electron chi connectivity index (χ3n) is 16.2. The second-order valence-corrected chi connectivity index (χ2v) is 19.8. The number of esters is 1. The third kappa shape index (κ3) is 11.7. The van der Waals surface area contributed by atoms with Crippen LogP contribution in [0.25, 0.3) is 0 Å². The van der Waals surface area contributed by atoms with Crippen molar-refractivity contribution in [2.75, 3.05) is 13.1 Å². The first-order chi connectivity index (χ1) is 28.1. The van der Waals surface area contributed by atoms with Gasteiger partial charge in [-0.1, -0.05) is 98.8 Å². The van der Waals surface area contributed by atoms with Crippen LogP contribution in [0.2, 0.25) is 0 Å². The first-order valence-corrected chi connectivity index (χ1v) is 24.0. The minimum Gasteiger partial charge on any atom is -0.490 e. The van der Waals surface area contributed by atoms with Crippen LogP contribution >= 0.6 is 0 Å². The Kier molecular flexibility index (Phi) is 17.3. The van der Waals surface area contributed by atoms with E-state index in [9.17, 15) is 27.6 Å². The molecule has 1 aromatic rings. The number of hydrogen-bond acceptors (Lipinski definition) is 5. The van der Waals surface area contributed by atoms with Gasteiger partial charge in [0.05, 0.1) is 0 Å². The molecule has 7 unspecified atom stereocenters. The zero-order valence-corrected chi connectivity index (χ0v) is 37.5. The fraction of sp³-hybridized carbons (Fsp3) is 0.820. The summed E-state index contributed by atoms with van der Waals surface area (Å²) in [6, 6.07) is 5.56. The summed E-state index contributed by atoms with van der Waals surface area (Å²) in [7, 11) is 0. The SMILES string of the molecule is CCCCCCCCN(CCCCCCCC)C(=O)CC[C@@H](C)C1CCC2C3CCC4CC(OC(C)=O)CC[C@]4(C)C3CC(Oc3ccc(C(=O)C(F)(F)F)cc3)[C@@]21C. The Labute approximate surface area is 354 Å². The summed E-state index contributed by atoms with van der Waals surface area (Å²) in [6.45, 7) is 14.9. The third-order valence-corrected chi connectivity index (χ3v) is 16.2. The molecule has 0 aliphatic heterocycles. The van der Waals surface area contributed by atoms with Gasteiger partial charge in [0.1, 0.15) is 18.0 Å². The van der Waals surface area contributed by atoms with Crippen molar-refractivity contribution in [3.05, 3.63) is 29.8 Å². The zero-order valence-electron chi connectivity index (χ0n) is 37.5. The summed E-state index contributed by atoms with van der Waals surface area (Å²) in [5.41, 5.74) is -0.487. The number of hydrogen-bond donors (Lipinski definition) is 0. The number of carbonyl (C=O) groups excluding carboxylic acids is 3. The lowest BCUT2D eigenvalue weighted by atomic mass is 9.43. The summed E-state index contributed by atoms with van der Waals surface area (Å²) in [6.07, 6.45) is 18.9. The molecule has 5 rings (SSSR count). The van der Waals surface area contributed by atoms with Crippen LogP contribution < -0.4 is 4.74 Å². The Bertz CT molecular complexity index is 1480. The van der Waals surface area contributed by atoms with E-state index in [4.69, 9.17) is 9.47 Å². The predicted molar refractivity (Wildman–Crippen MR) is 229 cm³/mol. The molecule has 334 valence electrons. The van der Waals surface area contributed by atoms with Gasteiger partial charge in [-0.05, 0) is 136 Å². The highest BCUT2D eigenvalue weighted by Crippen LogP contribution is 2.69. The van der Waals surface area contributed by atoms with Crippen molar-refractivity contribution >= 4 is 17.7 Å². The normalized spacial score (nSPS) is 30.8. The van der Waals surface area contributed by atoms with Crippen LogP contribution in [0.4, 0.5) is 13.2 Å². The molecule has 1 aromatic carbocycles. The zero-order chi connectivity index (χ0) is 42.8. The molecule has 6 nitrogen and oxygen atoms in total. The first kappa shape index (κ1) is 47.5. The Balaban J connectivity index is 1.33. The highest BCUT2D eigenvalue weighted by Gasteiger charge is 2.65. The second-order valence-electron chi connectivity index (χ2n) is 19.8. The number of rotatable bonds is 22. The smallest absolute Gasteiger partial charge is 0.454 e. The number of unbranched alkanes of at least 4 members (excludes halogenated alkanes) is 10. The van der Waals surface area contributed by atoms with E-state index in [-0.39, 0.29) is 34.6 Å². The molecule has 0 aromatic heterocycles. The van der Waals surface area contributed by atoms with Crippen LogP contribution in [0.1, 0.15) is 193 Å². The van der Waals surface area contributed by atoms with E-state index in [2.05, 4.69) is 39.5 Å². The van der Waals surface area contributed by atoms with E-state index in [1.165, 1.54) is 95.4 Å². The van der Waals surface area contributed by atoms with Crippen molar-refractivity contribution in [2.24, 2.45) is 46.3 Å². The fourth-order valence-corrected chi connectivity index (χ4v) is 12.9. The summed E-state index contributed by atoms with van der Waals surface area (Å²) in [5.74, 6) is 1.22. The van der Waals surface area contributed by atoms with Crippen molar-refractivity contribution in [1.29, 1.82) is 0 Å². The van der Waals surface area contributed by atoms with E-state index in [0.29, 0.717) is 53.6 Å². The minimum absolute atomic E-state index is 0.0344. The summed E-state index contributed by atoms with van der Waals surface area (Å²) in [4.78, 5) is 40.1. The van der Waals surface area contributed by atoms with E-state index in [1.807, 2.05) is 0 Å². The maximum absolute atomic E-state index is 14.0. The van der Waals surface area contributed by atoms with E-state index >= 15 is 0 Å². The van der Waals surface area contributed by atoms with Crippen molar-refractivity contribution < 1.29 is 37.0 Å². The average Bonchev–Trinajstić information content (AvgIpc) is 3.56. The van der Waals surface area contributed by atoms with Gasteiger partial charge in [-0.15, -0.1) is 0 Å². The molecule has 4 fully saturated rings. The Morgan fingerprint density at radius 3 is 2.00 bits per heavy atom. The van der Waals surface area contributed by atoms with E-state index in [0.717, 1.165) is 83.7 Å². The van der Waals surface area contributed by atoms with Gasteiger partial charge in [-0.25, -0.2) is 0 Å². The molecule has 0 bridgehead atoms. The summed E-state index contributed by atoms with van der Waals surface area (Å²) in [5, 5.41) is 0. The van der Waals surface area contributed by atoms with Gasteiger partial charge in [0.2, 0.25) is 5.91 Å². The number of carbonyl (C=O) groups is 3. The van der Waals surface area contributed by atoms with Crippen LogP contribution in [0.3, 0.4) is 0 Å². The van der Waals surface area contributed by atoms with Crippen LogP contribution in [0, 0.1) is 46.3 Å². The number of amides is 1.